The normalized spacial score (nSPS) is 14.1. The van der Waals surface area contributed by atoms with Crippen LogP contribution in [-0.4, -0.2) is 47.2 Å². The zero-order chi connectivity index (χ0) is 21.1. The van der Waals surface area contributed by atoms with Crippen LogP contribution in [0.3, 0.4) is 0 Å². The molecule has 1 aliphatic rings. The molecule has 0 spiro atoms. The molecule has 1 aliphatic heterocycles. The van der Waals surface area contributed by atoms with E-state index in [4.69, 9.17) is 0 Å². The second-order valence-electron chi connectivity index (χ2n) is 7.73. The first kappa shape index (κ1) is 20.0. The number of halogens is 1. The Bertz CT molecular complexity index is 1040. The number of piperazine rings is 1. The number of nitrogens with zero attached hydrogens (tertiary/aromatic N) is 4. The fourth-order valence-electron chi connectivity index (χ4n) is 3.84. The Labute approximate surface area is 176 Å². The van der Waals surface area contributed by atoms with Crippen LogP contribution < -0.4 is 4.90 Å². The minimum absolute atomic E-state index is 0.0453. The molecule has 1 aromatic heterocycles. The average molecular weight is 404 g/mol. The number of amides is 1. The molecule has 0 N–H and O–H groups in total. The summed E-state index contributed by atoms with van der Waals surface area (Å²) in [6.07, 6.45) is 0.0943. The fraction of sp³-hybridized carbons (Fsp3) is 0.292. The van der Waals surface area contributed by atoms with Gasteiger partial charge in [-0.3, -0.25) is 4.79 Å². The Morgan fingerprint density at radius 3 is 2.40 bits per heavy atom. The van der Waals surface area contributed by atoms with Crippen LogP contribution in [0.5, 0.6) is 0 Å². The average Bonchev–Trinajstić information content (AvgIpc) is 2.76. The van der Waals surface area contributed by atoms with Crippen molar-refractivity contribution in [3.8, 4) is 11.3 Å². The lowest BCUT2D eigenvalue weighted by Gasteiger charge is -2.35. The molecule has 2 heterocycles. The van der Waals surface area contributed by atoms with Gasteiger partial charge in [0.25, 0.3) is 0 Å². The van der Waals surface area contributed by atoms with E-state index in [1.165, 1.54) is 17.2 Å². The van der Waals surface area contributed by atoms with E-state index in [0.717, 1.165) is 17.1 Å². The molecule has 1 amide bonds. The summed E-state index contributed by atoms with van der Waals surface area (Å²) in [6.45, 7) is 6.70. The van der Waals surface area contributed by atoms with Crippen molar-refractivity contribution < 1.29 is 9.18 Å². The molecule has 0 aliphatic carbocycles. The first-order valence-corrected chi connectivity index (χ1v) is 10.2. The predicted octanol–water partition coefficient (Wildman–Crippen LogP) is 3.79. The van der Waals surface area contributed by atoms with Gasteiger partial charge >= 0.3 is 0 Å². The van der Waals surface area contributed by atoms with E-state index in [0.29, 0.717) is 31.7 Å². The van der Waals surface area contributed by atoms with E-state index in [9.17, 15) is 9.18 Å². The van der Waals surface area contributed by atoms with Crippen LogP contribution >= 0.6 is 0 Å². The van der Waals surface area contributed by atoms with E-state index >= 15 is 0 Å². The minimum Gasteiger partial charge on any atom is -0.352 e. The van der Waals surface area contributed by atoms with Crippen LogP contribution in [0, 0.1) is 19.7 Å². The first-order chi connectivity index (χ1) is 14.5. The Hall–Kier alpha value is -3.28. The van der Waals surface area contributed by atoms with Crippen molar-refractivity contribution in [1.82, 2.24) is 15.1 Å². The highest BCUT2D eigenvalue weighted by molar-refractivity contribution is 5.79. The number of aryl methyl sites for hydroxylation is 2. The van der Waals surface area contributed by atoms with Gasteiger partial charge in [0, 0.05) is 31.7 Å². The molecule has 0 unspecified atom stereocenters. The Balaban J connectivity index is 1.37. The van der Waals surface area contributed by atoms with E-state index < -0.39 is 0 Å². The largest absolute Gasteiger partial charge is 0.352 e. The summed E-state index contributed by atoms with van der Waals surface area (Å²) in [5.41, 5.74) is 4.79. The van der Waals surface area contributed by atoms with Crippen molar-refractivity contribution >= 4 is 11.7 Å². The quantitative estimate of drug-likeness (QED) is 0.664. The summed E-state index contributed by atoms with van der Waals surface area (Å²) in [6, 6.07) is 16.7. The smallest absolute Gasteiger partial charge is 0.227 e. The number of carbonyl (C=O) groups excluding carboxylic acids is 1. The molecule has 5 nitrogen and oxygen atoms in total. The van der Waals surface area contributed by atoms with Crippen molar-refractivity contribution in [1.29, 1.82) is 0 Å². The SMILES string of the molecule is Cc1ccc(-c2ccc(N3CCN(C(=O)Cc4ccccc4F)CC3)nn2)c(C)c1. The molecule has 30 heavy (non-hydrogen) atoms. The molecule has 1 fully saturated rings. The summed E-state index contributed by atoms with van der Waals surface area (Å²) < 4.78 is 13.8. The molecule has 6 heteroatoms. The maximum atomic E-state index is 13.8. The van der Waals surface area contributed by atoms with Gasteiger partial charge in [-0.1, -0.05) is 42.0 Å². The summed E-state index contributed by atoms with van der Waals surface area (Å²) in [5.74, 6) is 0.435. The molecule has 154 valence electrons. The molecule has 0 radical (unpaired) electrons. The van der Waals surface area contributed by atoms with Crippen LogP contribution in [0.2, 0.25) is 0 Å². The molecule has 2 aromatic carbocycles. The van der Waals surface area contributed by atoms with Crippen LogP contribution in [0.1, 0.15) is 16.7 Å². The third kappa shape index (κ3) is 4.32. The van der Waals surface area contributed by atoms with Gasteiger partial charge in [-0.2, -0.15) is 0 Å². The number of carbonyl (C=O) groups is 1. The molecule has 3 aromatic rings. The molecule has 1 saturated heterocycles. The molecular formula is C24H25FN4O. The lowest BCUT2D eigenvalue weighted by molar-refractivity contribution is -0.130. The highest BCUT2D eigenvalue weighted by atomic mass is 19.1. The van der Waals surface area contributed by atoms with Crippen molar-refractivity contribution in [2.75, 3.05) is 31.1 Å². The number of rotatable bonds is 4. The maximum absolute atomic E-state index is 13.8. The van der Waals surface area contributed by atoms with Gasteiger partial charge in [0.2, 0.25) is 5.91 Å². The molecular weight excluding hydrogens is 379 g/mol. The van der Waals surface area contributed by atoms with Gasteiger partial charge in [-0.15, -0.1) is 10.2 Å². The highest BCUT2D eigenvalue weighted by Gasteiger charge is 2.23. The number of aromatic nitrogens is 2. The highest BCUT2D eigenvalue weighted by Crippen LogP contribution is 2.23. The van der Waals surface area contributed by atoms with Crippen molar-refractivity contribution in [2.24, 2.45) is 0 Å². The topological polar surface area (TPSA) is 49.3 Å². The number of hydrogen-bond acceptors (Lipinski definition) is 4. The zero-order valence-corrected chi connectivity index (χ0v) is 17.3. The van der Waals surface area contributed by atoms with Crippen molar-refractivity contribution in [3.63, 3.8) is 0 Å². The Kier molecular flexibility index (Phi) is 5.74. The summed E-state index contributed by atoms with van der Waals surface area (Å²) in [7, 11) is 0. The first-order valence-electron chi connectivity index (χ1n) is 10.2. The van der Waals surface area contributed by atoms with E-state index in [1.54, 1.807) is 23.1 Å². The second kappa shape index (κ2) is 8.61. The van der Waals surface area contributed by atoms with Gasteiger partial charge in [-0.25, -0.2) is 4.39 Å². The second-order valence-corrected chi connectivity index (χ2v) is 7.73. The maximum Gasteiger partial charge on any atom is 0.227 e. The summed E-state index contributed by atoms with van der Waals surface area (Å²) in [4.78, 5) is 16.5. The lowest BCUT2D eigenvalue weighted by atomic mass is 10.0. The molecule has 0 atom stereocenters. The third-order valence-corrected chi connectivity index (χ3v) is 5.56. The van der Waals surface area contributed by atoms with Crippen LogP contribution in [0.25, 0.3) is 11.3 Å². The Morgan fingerprint density at radius 2 is 1.73 bits per heavy atom. The predicted molar refractivity (Wildman–Crippen MR) is 116 cm³/mol. The minimum atomic E-state index is -0.330. The number of benzene rings is 2. The van der Waals surface area contributed by atoms with Gasteiger partial charge in [-0.05, 0) is 43.2 Å². The van der Waals surface area contributed by atoms with Gasteiger partial charge in [0.15, 0.2) is 5.82 Å². The Morgan fingerprint density at radius 1 is 0.967 bits per heavy atom. The number of anilines is 1. The standard InChI is InChI=1S/C24H25FN4O/c1-17-7-8-20(18(2)15-17)22-9-10-23(27-26-22)28-11-13-29(14-12-28)24(30)16-19-5-3-4-6-21(19)25/h3-10,15H,11-14,16H2,1-2H3. The van der Waals surface area contributed by atoms with Gasteiger partial charge in [0.05, 0.1) is 12.1 Å². The van der Waals surface area contributed by atoms with Crippen LogP contribution in [0.4, 0.5) is 10.2 Å². The van der Waals surface area contributed by atoms with Crippen LogP contribution in [0.15, 0.2) is 54.6 Å². The van der Waals surface area contributed by atoms with Gasteiger partial charge < -0.3 is 9.80 Å². The van der Waals surface area contributed by atoms with E-state index in [2.05, 4.69) is 47.1 Å². The molecule has 4 rings (SSSR count). The van der Waals surface area contributed by atoms with Gasteiger partial charge in [0.1, 0.15) is 5.82 Å². The van der Waals surface area contributed by atoms with E-state index in [-0.39, 0.29) is 18.1 Å². The van der Waals surface area contributed by atoms with Crippen LogP contribution in [-0.2, 0) is 11.2 Å². The van der Waals surface area contributed by atoms with E-state index in [1.807, 2.05) is 12.1 Å². The third-order valence-electron chi connectivity index (χ3n) is 5.56. The number of hydrogen-bond donors (Lipinski definition) is 0. The molecule has 0 saturated carbocycles. The monoisotopic (exact) mass is 404 g/mol. The zero-order valence-electron chi connectivity index (χ0n) is 17.3. The van der Waals surface area contributed by atoms with Crippen molar-refractivity contribution in [2.45, 2.75) is 20.3 Å². The summed E-state index contributed by atoms with van der Waals surface area (Å²) >= 11 is 0. The van der Waals surface area contributed by atoms with Crippen molar-refractivity contribution in [3.05, 3.63) is 77.1 Å². The fourth-order valence-corrected chi connectivity index (χ4v) is 3.84. The molecule has 0 bridgehead atoms. The summed E-state index contributed by atoms with van der Waals surface area (Å²) in [5, 5.41) is 8.83. The lowest BCUT2D eigenvalue weighted by Crippen LogP contribution is -2.49.